The van der Waals surface area contributed by atoms with Crippen LogP contribution in [-0.2, 0) is 24.8 Å². The van der Waals surface area contributed by atoms with Crippen LogP contribution in [-0.4, -0.2) is 20.7 Å². The molecule has 0 spiro atoms. The average molecular weight is 310 g/mol. The lowest BCUT2D eigenvalue weighted by Crippen LogP contribution is -2.23. The Balaban J connectivity index is 1.47. The first kappa shape index (κ1) is 15.3. The van der Waals surface area contributed by atoms with E-state index in [1.54, 1.807) is 0 Å². The van der Waals surface area contributed by atoms with Crippen LogP contribution in [0.2, 0.25) is 0 Å². The van der Waals surface area contributed by atoms with E-state index < -0.39 is 0 Å². The minimum atomic E-state index is 0.0868. The van der Waals surface area contributed by atoms with E-state index >= 15 is 0 Å². The van der Waals surface area contributed by atoms with Gasteiger partial charge in [-0.3, -0.25) is 9.48 Å². The Bertz CT molecular complexity index is 815. The molecule has 0 saturated carbocycles. The van der Waals surface area contributed by atoms with Gasteiger partial charge in [-0.2, -0.15) is 5.10 Å². The number of benzene rings is 1. The highest BCUT2D eigenvalue weighted by atomic mass is 16.1. The highest BCUT2D eigenvalue weighted by Gasteiger charge is 2.07. The predicted octanol–water partition coefficient (Wildman–Crippen LogP) is 2.85. The van der Waals surface area contributed by atoms with Crippen molar-refractivity contribution >= 4 is 16.8 Å². The number of nitrogens with one attached hydrogen (secondary N) is 2. The second-order valence-electron chi connectivity index (χ2n) is 5.89. The number of nitrogens with zero attached hydrogens (tertiary/aromatic N) is 2. The van der Waals surface area contributed by atoms with Crippen LogP contribution in [0.4, 0.5) is 0 Å². The number of hydrogen-bond donors (Lipinski definition) is 2. The fraction of sp³-hybridized carbons (Fsp3) is 0.333. The third-order valence-corrected chi connectivity index (χ3v) is 4.09. The second-order valence-corrected chi connectivity index (χ2v) is 5.89. The molecule has 2 heterocycles. The van der Waals surface area contributed by atoms with E-state index in [-0.39, 0.29) is 5.91 Å². The van der Waals surface area contributed by atoms with Crippen LogP contribution < -0.4 is 5.32 Å². The monoisotopic (exact) mass is 310 g/mol. The maximum absolute atomic E-state index is 12.0. The number of H-pyrrole nitrogens is 1. The van der Waals surface area contributed by atoms with Gasteiger partial charge in [0.2, 0.25) is 5.91 Å². The summed E-state index contributed by atoms with van der Waals surface area (Å²) >= 11 is 0. The van der Waals surface area contributed by atoms with Crippen LogP contribution in [0, 0.1) is 6.92 Å². The third kappa shape index (κ3) is 3.62. The number of rotatable bonds is 6. The smallest absolute Gasteiger partial charge is 0.220 e. The molecule has 3 rings (SSSR count). The van der Waals surface area contributed by atoms with Gasteiger partial charge in [0.15, 0.2) is 0 Å². The van der Waals surface area contributed by atoms with Gasteiger partial charge in [0.25, 0.3) is 0 Å². The van der Waals surface area contributed by atoms with Crippen molar-refractivity contribution in [2.24, 2.45) is 7.05 Å². The zero-order valence-corrected chi connectivity index (χ0v) is 13.6. The van der Waals surface area contributed by atoms with Crippen molar-refractivity contribution in [1.82, 2.24) is 20.1 Å². The summed E-state index contributed by atoms with van der Waals surface area (Å²) < 4.78 is 1.81. The number of hydrogen-bond acceptors (Lipinski definition) is 2. The van der Waals surface area contributed by atoms with Crippen molar-refractivity contribution < 1.29 is 4.79 Å². The number of aromatic nitrogens is 3. The predicted molar refractivity (Wildman–Crippen MR) is 91.0 cm³/mol. The topological polar surface area (TPSA) is 62.7 Å². The van der Waals surface area contributed by atoms with E-state index in [0.717, 1.165) is 29.7 Å². The number of carbonyl (C=O) groups is 1. The van der Waals surface area contributed by atoms with E-state index in [1.807, 2.05) is 43.0 Å². The average Bonchev–Trinajstić information content (AvgIpc) is 3.08. The first-order valence-electron chi connectivity index (χ1n) is 7.94. The van der Waals surface area contributed by atoms with E-state index in [9.17, 15) is 4.79 Å². The number of fused-ring (bicyclic) bond motifs is 1. The van der Waals surface area contributed by atoms with Crippen LogP contribution in [0.15, 0.2) is 36.5 Å². The van der Waals surface area contributed by atoms with Gasteiger partial charge in [-0.1, -0.05) is 18.2 Å². The summed E-state index contributed by atoms with van der Waals surface area (Å²) in [7, 11) is 1.89. The standard InChI is InChI=1S/C18H22N4O/c1-13-10-15(22(2)21-13)12-20-18(23)9-5-6-14-11-19-17-8-4-3-7-16(14)17/h3-4,7-8,10-11,19H,5-6,9,12H2,1-2H3,(H,20,23). The molecule has 0 unspecified atom stereocenters. The van der Waals surface area contributed by atoms with Gasteiger partial charge >= 0.3 is 0 Å². The van der Waals surface area contributed by atoms with Crippen molar-refractivity contribution in [1.29, 1.82) is 0 Å². The fourth-order valence-electron chi connectivity index (χ4n) is 2.89. The summed E-state index contributed by atoms with van der Waals surface area (Å²) in [4.78, 5) is 15.2. The van der Waals surface area contributed by atoms with Gasteiger partial charge in [0.1, 0.15) is 0 Å². The summed E-state index contributed by atoms with van der Waals surface area (Å²) in [6.45, 7) is 2.48. The molecule has 5 heteroatoms. The largest absolute Gasteiger partial charge is 0.361 e. The molecule has 0 saturated heterocycles. The first-order chi connectivity index (χ1) is 11.1. The molecular weight excluding hydrogens is 288 g/mol. The minimum Gasteiger partial charge on any atom is -0.361 e. The van der Waals surface area contributed by atoms with Crippen molar-refractivity contribution in [2.75, 3.05) is 0 Å². The minimum absolute atomic E-state index is 0.0868. The first-order valence-corrected chi connectivity index (χ1v) is 7.94. The maximum atomic E-state index is 12.0. The fourth-order valence-corrected chi connectivity index (χ4v) is 2.89. The van der Waals surface area contributed by atoms with Crippen molar-refractivity contribution in [3.63, 3.8) is 0 Å². The molecule has 2 aromatic heterocycles. The van der Waals surface area contributed by atoms with Gasteiger partial charge in [0.05, 0.1) is 17.9 Å². The molecule has 0 bridgehead atoms. The molecule has 1 aromatic carbocycles. The highest BCUT2D eigenvalue weighted by Crippen LogP contribution is 2.19. The number of aryl methyl sites for hydroxylation is 3. The molecule has 0 radical (unpaired) electrons. The van der Waals surface area contributed by atoms with Crippen LogP contribution in [0.5, 0.6) is 0 Å². The summed E-state index contributed by atoms with van der Waals surface area (Å²) in [5.74, 6) is 0.0868. The van der Waals surface area contributed by atoms with Crippen molar-refractivity contribution in [3.05, 3.63) is 53.5 Å². The zero-order chi connectivity index (χ0) is 16.2. The summed E-state index contributed by atoms with van der Waals surface area (Å²) in [6.07, 6.45) is 4.33. The zero-order valence-electron chi connectivity index (χ0n) is 13.6. The Morgan fingerprint density at radius 2 is 2.17 bits per heavy atom. The molecule has 2 N–H and O–H groups in total. The van der Waals surface area contributed by atoms with Gasteiger partial charge in [-0.25, -0.2) is 0 Å². The molecule has 1 amide bonds. The van der Waals surface area contributed by atoms with Crippen LogP contribution >= 0.6 is 0 Å². The van der Waals surface area contributed by atoms with Gasteiger partial charge in [-0.05, 0) is 37.5 Å². The normalized spacial score (nSPS) is 11.0. The summed E-state index contributed by atoms with van der Waals surface area (Å²) in [6, 6.07) is 10.2. The van der Waals surface area contributed by atoms with Crippen LogP contribution in [0.3, 0.4) is 0 Å². The van der Waals surface area contributed by atoms with E-state index in [1.165, 1.54) is 10.9 Å². The highest BCUT2D eigenvalue weighted by molar-refractivity contribution is 5.83. The molecule has 0 fully saturated rings. The lowest BCUT2D eigenvalue weighted by atomic mass is 10.1. The lowest BCUT2D eigenvalue weighted by Gasteiger charge is -2.05. The molecule has 5 nitrogen and oxygen atoms in total. The Morgan fingerprint density at radius 1 is 1.35 bits per heavy atom. The van der Waals surface area contributed by atoms with E-state index in [4.69, 9.17) is 0 Å². The number of carbonyl (C=O) groups excluding carboxylic acids is 1. The second kappa shape index (κ2) is 6.69. The van der Waals surface area contributed by atoms with E-state index in [2.05, 4.69) is 27.5 Å². The molecule has 0 atom stereocenters. The summed E-state index contributed by atoms with van der Waals surface area (Å²) in [5, 5.41) is 8.49. The van der Waals surface area contributed by atoms with Gasteiger partial charge in [-0.15, -0.1) is 0 Å². The molecular formula is C18H22N4O. The third-order valence-electron chi connectivity index (χ3n) is 4.09. The van der Waals surface area contributed by atoms with Crippen LogP contribution in [0.25, 0.3) is 10.9 Å². The molecule has 0 aliphatic rings. The van der Waals surface area contributed by atoms with Crippen molar-refractivity contribution in [3.8, 4) is 0 Å². The summed E-state index contributed by atoms with van der Waals surface area (Å²) in [5.41, 5.74) is 4.41. The Kier molecular flexibility index (Phi) is 4.46. The molecule has 23 heavy (non-hydrogen) atoms. The molecule has 0 aliphatic carbocycles. The Hall–Kier alpha value is -2.56. The van der Waals surface area contributed by atoms with Gasteiger partial charge in [0, 0.05) is 30.6 Å². The maximum Gasteiger partial charge on any atom is 0.220 e. The molecule has 0 aliphatic heterocycles. The van der Waals surface area contributed by atoms with Crippen molar-refractivity contribution in [2.45, 2.75) is 32.7 Å². The Morgan fingerprint density at radius 3 is 2.96 bits per heavy atom. The number of para-hydroxylation sites is 1. The quantitative estimate of drug-likeness (QED) is 0.735. The number of aromatic amines is 1. The van der Waals surface area contributed by atoms with Crippen LogP contribution in [0.1, 0.15) is 29.8 Å². The molecule has 3 aromatic rings. The van der Waals surface area contributed by atoms with E-state index in [0.29, 0.717) is 13.0 Å². The lowest BCUT2D eigenvalue weighted by molar-refractivity contribution is -0.121. The Labute approximate surface area is 135 Å². The SMILES string of the molecule is Cc1cc(CNC(=O)CCCc2c[nH]c3ccccc23)n(C)n1. The number of amides is 1. The van der Waals surface area contributed by atoms with Gasteiger partial charge < -0.3 is 10.3 Å². The molecule has 120 valence electrons.